The summed E-state index contributed by atoms with van der Waals surface area (Å²) < 4.78 is 1.76. The molecule has 1 aromatic rings. The third kappa shape index (κ3) is 1.34. The van der Waals surface area contributed by atoms with Crippen LogP contribution in [0.25, 0.3) is 0 Å². The van der Waals surface area contributed by atoms with Gasteiger partial charge in [0.15, 0.2) is 5.43 Å². The Kier molecular flexibility index (Phi) is 2.25. The second-order valence-electron chi connectivity index (χ2n) is 4.21. The summed E-state index contributed by atoms with van der Waals surface area (Å²) in [7, 11) is 0. The fourth-order valence-electron chi connectivity index (χ4n) is 2.23. The molecule has 0 bridgehead atoms. The van der Waals surface area contributed by atoms with Crippen LogP contribution in [0.5, 0.6) is 0 Å². The highest BCUT2D eigenvalue weighted by Gasteiger charge is 2.17. The summed E-state index contributed by atoms with van der Waals surface area (Å²) in [6.45, 7) is 6.06. The molecule has 0 aliphatic carbocycles. The van der Waals surface area contributed by atoms with Crippen molar-refractivity contribution in [2.24, 2.45) is 0 Å². The lowest BCUT2D eigenvalue weighted by Gasteiger charge is -1.98. The van der Waals surface area contributed by atoms with E-state index in [1.54, 1.807) is 18.4 Å². The topological polar surface area (TPSA) is 39.1 Å². The quantitative estimate of drug-likeness (QED) is 0.635. The van der Waals surface area contributed by atoms with E-state index in [1.807, 2.05) is 6.92 Å². The van der Waals surface area contributed by atoms with Crippen molar-refractivity contribution in [3.05, 3.63) is 43.0 Å². The Morgan fingerprint density at radius 3 is 2.33 bits per heavy atom. The molecule has 1 aliphatic heterocycles. The lowest BCUT2D eigenvalue weighted by atomic mass is 10.1. The van der Waals surface area contributed by atoms with Crippen molar-refractivity contribution in [3.8, 4) is 0 Å². The molecule has 2 heterocycles. The number of rotatable bonds is 0. The molecule has 3 nitrogen and oxygen atoms in total. The average Bonchev–Trinajstić information content (AvgIpc) is 2.70. The Labute approximate surface area is 88.4 Å². The maximum absolute atomic E-state index is 12.0. The monoisotopic (exact) mass is 205 g/mol. The third-order valence-electron chi connectivity index (χ3n) is 3.36. The molecule has 15 heavy (non-hydrogen) atoms. The predicted octanol–water partition coefficient (Wildman–Crippen LogP) is 1.08. The smallest absolute Gasteiger partial charge is 0.254 e. The van der Waals surface area contributed by atoms with Crippen LogP contribution in [0.2, 0.25) is 0 Å². The molecule has 3 heteroatoms. The number of aromatic nitrogens is 1. The lowest BCUT2D eigenvalue weighted by molar-refractivity contribution is 0.718. The van der Waals surface area contributed by atoms with Gasteiger partial charge >= 0.3 is 0 Å². The van der Waals surface area contributed by atoms with Crippen LogP contribution in [-0.2, 0) is 13.0 Å². The molecule has 0 atom stereocenters. The van der Waals surface area contributed by atoms with Gasteiger partial charge in [0.2, 0.25) is 0 Å². The molecular weight excluding hydrogens is 190 g/mol. The molecule has 0 aromatic carbocycles. The maximum atomic E-state index is 12.0. The van der Waals surface area contributed by atoms with Crippen LogP contribution in [0.4, 0.5) is 0 Å². The Bertz CT molecular complexity index is 541. The Balaban J connectivity index is 3.05. The summed E-state index contributed by atoms with van der Waals surface area (Å²) >= 11 is 0. The number of hydrogen-bond donors (Lipinski definition) is 0. The van der Waals surface area contributed by atoms with Gasteiger partial charge in [-0.3, -0.25) is 9.59 Å². The van der Waals surface area contributed by atoms with Gasteiger partial charge in [-0.1, -0.05) is 0 Å². The zero-order chi connectivity index (χ0) is 11.2. The SMILES string of the molecule is Cc1c(C)c(=O)n2c(c(C)c1=O)CCC2. The highest BCUT2D eigenvalue weighted by Crippen LogP contribution is 2.13. The molecule has 0 N–H and O–H groups in total. The molecule has 0 amide bonds. The maximum Gasteiger partial charge on any atom is 0.254 e. The zero-order valence-corrected chi connectivity index (χ0v) is 9.39. The van der Waals surface area contributed by atoms with Crippen LogP contribution in [0.3, 0.4) is 0 Å². The van der Waals surface area contributed by atoms with Crippen LogP contribution in [0.1, 0.15) is 28.8 Å². The minimum Gasteiger partial charge on any atom is -0.312 e. The van der Waals surface area contributed by atoms with E-state index in [0.717, 1.165) is 30.6 Å². The van der Waals surface area contributed by atoms with Crippen molar-refractivity contribution < 1.29 is 0 Å². The van der Waals surface area contributed by atoms with E-state index in [0.29, 0.717) is 11.1 Å². The van der Waals surface area contributed by atoms with Gasteiger partial charge in [-0.15, -0.1) is 0 Å². The fraction of sp³-hybridized carbons (Fsp3) is 0.500. The fourth-order valence-corrected chi connectivity index (χ4v) is 2.23. The normalized spacial score (nSPS) is 14.1. The van der Waals surface area contributed by atoms with Crippen molar-refractivity contribution in [2.45, 2.75) is 40.2 Å². The molecule has 0 unspecified atom stereocenters. The van der Waals surface area contributed by atoms with E-state index in [-0.39, 0.29) is 11.0 Å². The summed E-state index contributed by atoms with van der Waals surface area (Å²) in [6, 6.07) is 0. The van der Waals surface area contributed by atoms with Gasteiger partial charge in [-0.25, -0.2) is 0 Å². The van der Waals surface area contributed by atoms with Crippen molar-refractivity contribution in [1.29, 1.82) is 0 Å². The van der Waals surface area contributed by atoms with Crippen LogP contribution < -0.4 is 11.0 Å². The molecule has 0 saturated carbocycles. The summed E-state index contributed by atoms with van der Waals surface area (Å²) in [5, 5.41) is 0. The van der Waals surface area contributed by atoms with Crippen molar-refractivity contribution in [2.75, 3.05) is 0 Å². The third-order valence-corrected chi connectivity index (χ3v) is 3.36. The molecular formula is C12H15NO2. The largest absolute Gasteiger partial charge is 0.312 e. The van der Waals surface area contributed by atoms with Crippen LogP contribution in [0.15, 0.2) is 9.59 Å². The van der Waals surface area contributed by atoms with Gasteiger partial charge in [0.05, 0.1) is 0 Å². The minimum atomic E-state index is 0.00481. The van der Waals surface area contributed by atoms with Crippen molar-refractivity contribution in [3.63, 3.8) is 0 Å². The molecule has 0 radical (unpaired) electrons. The minimum absolute atomic E-state index is 0.00481. The van der Waals surface area contributed by atoms with E-state index in [2.05, 4.69) is 0 Å². The van der Waals surface area contributed by atoms with E-state index in [9.17, 15) is 9.59 Å². The summed E-state index contributed by atoms with van der Waals surface area (Å²) in [6.07, 6.45) is 1.82. The molecule has 1 aromatic heterocycles. The van der Waals surface area contributed by atoms with Gasteiger partial charge in [0, 0.05) is 28.9 Å². The average molecular weight is 205 g/mol. The van der Waals surface area contributed by atoms with E-state index in [1.165, 1.54) is 0 Å². The standard InChI is InChI=1S/C12H15NO2/c1-7-8(2)12(15)13-6-4-5-10(13)9(3)11(7)14/h4-6H2,1-3H3. The van der Waals surface area contributed by atoms with E-state index in [4.69, 9.17) is 0 Å². The Morgan fingerprint density at radius 2 is 1.67 bits per heavy atom. The van der Waals surface area contributed by atoms with Gasteiger partial charge in [-0.05, 0) is 33.6 Å². The lowest BCUT2D eigenvalue weighted by Crippen LogP contribution is -2.19. The summed E-state index contributed by atoms with van der Waals surface area (Å²) in [4.78, 5) is 24.0. The second-order valence-corrected chi connectivity index (χ2v) is 4.21. The molecule has 0 saturated heterocycles. The first kappa shape index (κ1) is 10.1. The summed E-state index contributed by atoms with van der Waals surface area (Å²) in [5.74, 6) is 0. The van der Waals surface area contributed by atoms with Crippen molar-refractivity contribution >= 4 is 0 Å². The van der Waals surface area contributed by atoms with Crippen LogP contribution in [0, 0.1) is 20.8 Å². The van der Waals surface area contributed by atoms with Crippen LogP contribution >= 0.6 is 0 Å². The number of fused-ring (bicyclic) bond motifs is 1. The molecule has 80 valence electrons. The number of hydrogen-bond acceptors (Lipinski definition) is 2. The molecule has 2 rings (SSSR count). The van der Waals surface area contributed by atoms with Gasteiger partial charge in [0.1, 0.15) is 0 Å². The highest BCUT2D eigenvalue weighted by molar-refractivity contribution is 5.30. The Morgan fingerprint density at radius 1 is 1.00 bits per heavy atom. The first-order valence-electron chi connectivity index (χ1n) is 5.28. The van der Waals surface area contributed by atoms with Gasteiger partial charge in [0.25, 0.3) is 5.56 Å². The van der Waals surface area contributed by atoms with Gasteiger partial charge in [-0.2, -0.15) is 0 Å². The first-order chi connectivity index (χ1) is 7.04. The second kappa shape index (κ2) is 3.33. The molecule has 0 fully saturated rings. The Hall–Kier alpha value is -1.38. The summed E-state index contributed by atoms with van der Waals surface area (Å²) in [5.41, 5.74) is 2.90. The van der Waals surface area contributed by atoms with E-state index < -0.39 is 0 Å². The highest BCUT2D eigenvalue weighted by atomic mass is 16.1. The number of nitrogens with zero attached hydrogens (tertiary/aromatic N) is 1. The van der Waals surface area contributed by atoms with Crippen molar-refractivity contribution in [1.82, 2.24) is 4.57 Å². The van der Waals surface area contributed by atoms with E-state index >= 15 is 0 Å². The predicted molar refractivity (Wildman–Crippen MR) is 59.5 cm³/mol. The first-order valence-corrected chi connectivity index (χ1v) is 5.28. The van der Waals surface area contributed by atoms with Crippen LogP contribution in [-0.4, -0.2) is 4.57 Å². The molecule has 1 aliphatic rings. The molecule has 0 spiro atoms. The zero-order valence-electron chi connectivity index (χ0n) is 9.39. The van der Waals surface area contributed by atoms with Gasteiger partial charge < -0.3 is 4.57 Å².